The molecular formula is C6H11S+. The molecule has 0 rings (SSSR count). The van der Waals surface area contributed by atoms with Crippen molar-refractivity contribution in [2.75, 3.05) is 18.3 Å². The van der Waals surface area contributed by atoms with Gasteiger partial charge in [-0.15, -0.1) is 12.3 Å². The fourth-order valence-electron chi connectivity index (χ4n) is 0.263. The number of hydrogen-bond acceptors (Lipinski definition) is 0. The second-order valence-electron chi connectivity index (χ2n) is 1.64. The number of hydrogen-bond donors (Lipinski definition) is 0. The molecule has 0 saturated carbocycles. The largest absolute Gasteiger partial charge is 0.120 e. The van der Waals surface area contributed by atoms with Crippen molar-refractivity contribution in [1.29, 1.82) is 0 Å². The van der Waals surface area contributed by atoms with E-state index in [1.165, 1.54) is 5.75 Å². The lowest BCUT2D eigenvalue weighted by molar-refractivity contribution is 1.30. The maximum Gasteiger partial charge on any atom is 0.118 e. The molecule has 0 N–H and O–H groups in total. The van der Waals surface area contributed by atoms with Crippen molar-refractivity contribution in [1.82, 2.24) is 0 Å². The zero-order valence-electron chi connectivity index (χ0n) is 4.90. The van der Waals surface area contributed by atoms with Gasteiger partial charge in [0.25, 0.3) is 0 Å². The van der Waals surface area contributed by atoms with Gasteiger partial charge in [0.1, 0.15) is 5.75 Å². The molecule has 0 fully saturated rings. The monoisotopic (exact) mass is 115 g/mol. The summed E-state index contributed by atoms with van der Waals surface area (Å²) in [6.45, 7) is 0. The zero-order chi connectivity index (χ0) is 5.70. The molecule has 0 atom stereocenters. The standard InChI is InChI=1S/C6H11S/c1-4-5-6-7(2)3/h1H,5-6H2,2-3H3/q+1. The van der Waals surface area contributed by atoms with Crippen molar-refractivity contribution in [3.63, 3.8) is 0 Å². The minimum Gasteiger partial charge on any atom is -0.120 e. The van der Waals surface area contributed by atoms with Crippen molar-refractivity contribution in [2.45, 2.75) is 6.42 Å². The van der Waals surface area contributed by atoms with Gasteiger partial charge in [0, 0.05) is 0 Å². The molecule has 0 spiro atoms. The summed E-state index contributed by atoms with van der Waals surface area (Å²) in [5, 5.41) is 0. The van der Waals surface area contributed by atoms with Crippen LogP contribution in [0.4, 0.5) is 0 Å². The highest BCUT2D eigenvalue weighted by molar-refractivity contribution is 7.95. The maximum absolute atomic E-state index is 5.03. The zero-order valence-corrected chi connectivity index (χ0v) is 5.72. The lowest BCUT2D eigenvalue weighted by atomic mass is 10.5. The van der Waals surface area contributed by atoms with Crippen molar-refractivity contribution in [2.24, 2.45) is 0 Å². The van der Waals surface area contributed by atoms with Crippen LogP contribution >= 0.6 is 0 Å². The molecule has 0 aliphatic heterocycles. The van der Waals surface area contributed by atoms with Gasteiger partial charge in [-0.2, -0.15) is 0 Å². The van der Waals surface area contributed by atoms with Crippen molar-refractivity contribution >= 4 is 10.9 Å². The first-order valence-corrected chi connectivity index (χ1v) is 4.46. The van der Waals surface area contributed by atoms with Crippen molar-refractivity contribution in [3.05, 3.63) is 0 Å². The summed E-state index contributed by atoms with van der Waals surface area (Å²) in [7, 11) is 0.542. The molecule has 0 unspecified atom stereocenters. The first kappa shape index (κ1) is 6.91. The fourth-order valence-corrected chi connectivity index (χ4v) is 0.789. The van der Waals surface area contributed by atoms with E-state index in [0.29, 0.717) is 10.9 Å². The Hall–Kier alpha value is -0.0900. The molecule has 0 aliphatic carbocycles. The van der Waals surface area contributed by atoms with E-state index >= 15 is 0 Å². The van der Waals surface area contributed by atoms with Crippen LogP contribution in [-0.2, 0) is 10.9 Å². The average molecular weight is 115 g/mol. The van der Waals surface area contributed by atoms with Gasteiger partial charge in [-0.05, 0) is 10.9 Å². The van der Waals surface area contributed by atoms with Crippen LogP contribution < -0.4 is 0 Å². The minimum atomic E-state index is 0.542. The van der Waals surface area contributed by atoms with E-state index in [1.807, 2.05) is 0 Å². The Morgan fingerprint density at radius 1 is 1.57 bits per heavy atom. The van der Waals surface area contributed by atoms with E-state index in [9.17, 15) is 0 Å². The smallest absolute Gasteiger partial charge is 0.118 e. The third-order valence-electron chi connectivity index (χ3n) is 0.655. The predicted molar refractivity (Wildman–Crippen MR) is 37.5 cm³/mol. The van der Waals surface area contributed by atoms with Crippen LogP contribution in [-0.4, -0.2) is 18.3 Å². The first-order chi connectivity index (χ1) is 3.27. The summed E-state index contributed by atoms with van der Waals surface area (Å²) >= 11 is 0. The first-order valence-electron chi connectivity index (χ1n) is 2.25. The molecule has 0 aromatic rings. The van der Waals surface area contributed by atoms with Crippen LogP contribution in [0.15, 0.2) is 0 Å². The second kappa shape index (κ2) is 4.08. The molecule has 0 radical (unpaired) electrons. The summed E-state index contributed by atoms with van der Waals surface area (Å²) in [5.74, 6) is 3.80. The third kappa shape index (κ3) is 5.91. The summed E-state index contributed by atoms with van der Waals surface area (Å²) in [6, 6.07) is 0. The van der Waals surface area contributed by atoms with Crippen LogP contribution in [0.1, 0.15) is 6.42 Å². The van der Waals surface area contributed by atoms with Crippen LogP contribution in [0.25, 0.3) is 0 Å². The normalized spacial score (nSPS) is 8.86. The Morgan fingerprint density at radius 3 is 2.29 bits per heavy atom. The molecule has 0 nitrogen and oxygen atoms in total. The van der Waals surface area contributed by atoms with E-state index in [4.69, 9.17) is 6.42 Å². The molecule has 0 aromatic carbocycles. The maximum atomic E-state index is 5.03. The van der Waals surface area contributed by atoms with E-state index < -0.39 is 0 Å². The summed E-state index contributed by atoms with van der Waals surface area (Å²) in [5.41, 5.74) is 0. The van der Waals surface area contributed by atoms with E-state index in [1.54, 1.807) is 0 Å². The van der Waals surface area contributed by atoms with Gasteiger partial charge in [-0.1, -0.05) is 0 Å². The lowest BCUT2D eigenvalue weighted by Gasteiger charge is -1.87. The molecule has 7 heavy (non-hydrogen) atoms. The van der Waals surface area contributed by atoms with Gasteiger partial charge in [0.2, 0.25) is 0 Å². The predicted octanol–water partition coefficient (Wildman–Crippen LogP) is 0.888. The van der Waals surface area contributed by atoms with Gasteiger partial charge in [0.05, 0.1) is 18.9 Å². The molecule has 0 amide bonds. The Morgan fingerprint density at radius 2 is 2.14 bits per heavy atom. The van der Waals surface area contributed by atoms with Crippen LogP contribution in [0.3, 0.4) is 0 Å². The van der Waals surface area contributed by atoms with Crippen molar-refractivity contribution < 1.29 is 0 Å². The number of rotatable bonds is 2. The number of terminal acetylenes is 1. The van der Waals surface area contributed by atoms with E-state index in [-0.39, 0.29) is 0 Å². The molecule has 0 heterocycles. The van der Waals surface area contributed by atoms with Gasteiger partial charge >= 0.3 is 0 Å². The quantitative estimate of drug-likeness (QED) is 0.370. The molecular weight excluding hydrogens is 104 g/mol. The van der Waals surface area contributed by atoms with Crippen molar-refractivity contribution in [3.8, 4) is 12.3 Å². The van der Waals surface area contributed by atoms with Gasteiger partial charge in [-0.3, -0.25) is 0 Å². The van der Waals surface area contributed by atoms with Crippen LogP contribution in [0.2, 0.25) is 0 Å². The second-order valence-corrected chi connectivity index (χ2v) is 4.02. The molecule has 0 saturated heterocycles. The minimum absolute atomic E-state index is 0.542. The van der Waals surface area contributed by atoms with E-state index in [0.717, 1.165) is 6.42 Å². The molecule has 0 aromatic heterocycles. The molecule has 40 valence electrons. The Kier molecular flexibility index (Phi) is 4.03. The molecule has 0 bridgehead atoms. The Balaban J connectivity index is 2.86. The van der Waals surface area contributed by atoms with Crippen LogP contribution in [0.5, 0.6) is 0 Å². The molecule has 1 heteroatoms. The average Bonchev–Trinajstić information content (AvgIpc) is 1.61. The summed E-state index contributed by atoms with van der Waals surface area (Å²) < 4.78 is 0. The highest BCUT2D eigenvalue weighted by Gasteiger charge is 1.96. The highest BCUT2D eigenvalue weighted by atomic mass is 32.2. The Labute approximate surface area is 48.7 Å². The topological polar surface area (TPSA) is 0 Å². The van der Waals surface area contributed by atoms with Gasteiger partial charge in [0.15, 0.2) is 0 Å². The summed E-state index contributed by atoms with van der Waals surface area (Å²) in [6.07, 6.45) is 10.4. The Bertz CT molecular complexity index is 68.7. The van der Waals surface area contributed by atoms with Gasteiger partial charge in [-0.25, -0.2) is 0 Å². The lowest BCUT2D eigenvalue weighted by Crippen LogP contribution is -1.99. The van der Waals surface area contributed by atoms with Gasteiger partial charge < -0.3 is 0 Å². The fraction of sp³-hybridized carbons (Fsp3) is 0.667. The highest BCUT2D eigenvalue weighted by Crippen LogP contribution is 1.85. The summed E-state index contributed by atoms with van der Waals surface area (Å²) in [4.78, 5) is 0. The molecule has 0 aliphatic rings. The van der Waals surface area contributed by atoms with Crippen LogP contribution in [0, 0.1) is 12.3 Å². The van der Waals surface area contributed by atoms with E-state index in [2.05, 4.69) is 18.4 Å². The third-order valence-corrected chi connectivity index (χ3v) is 1.68. The SMILES string of the molecule is C#CCC[S+](C)C.